The number of pyridine rings is 1. The summed E-state index contributed by atoms with van der Waals surface area (Å²) in [7, 11) is 1.80. The van der Waals surface area contributed by atoms with Crippen molar-refractivity contribution < 1.29 is 4.79 Å². The van der Waals surface area contributed by atoms with Gasteiger partial charge in [0.1, 0.15) is 6.54 Å². The number of guanidine groups is 1. The van der Waals surface area contributed by atoms with E-state index in [0.29, 0.717) is 12.5 Å². The van der Waals surface area contributed by atoms with Crippen molar-refractivity contribution in [3.05, 3.63) is 60.4 Å². The number of carbonyl (C=O) groups excluding carboxylic acids is 1. The molecule has 0 aliphatic rings. The topological polar surface area (TPSA) is 69.6 Å². The van der Waals surface area contributed by atoms with E-state index in [2.05, 4.69) is 32.7 Å². The Morgan fingerprint density at radius 2 is 1.90 bits per heavy atom. The van der Waals surface area contributed by atoms with Crippen LogP contribution < -0.4 is 10.6 Å². The summed E-state index contributed by atoms with van der Waals surface area (Å²) in [5.74, 6) is 1.58. The molecular weight excluding hydrogens is 497 g/mol. The van der Waals surface area contributed by atoms with Crippen molar-refractivity contribution in [2.24, 2.45) is 4.99 Å². The van der Waals surface area contributed by atoms with Crippen LogP contribution in [0, 0.1) is 0 Å². The summed E-state index contributed by atoms with van der Waals surface area (Å²) >= 11 is 1.79. The summed E-state index contributed by atoms with van der Waals surface area (Å²) in [5.41, 5.74) is 0.983. The van der Waals surface area contributed by atoms with Crippen LogP contribution >= 0.6 is 35.7 Å². The SMILES string of the molecule is CCNC(=NCC(=O)N(C)CCc1ccccn1)NCCSc1ccccc1.I. The Morgan fingerprint density at radius 3 is 2.59 bits per heavy atom. The second-order valence-corrected chi connectivity index (χ2v) is 7.34. The van der Waals surface area contributed by atoms with Crippen molar-refractivity contribution in [3.8, 4) is 0 Å². The number of rotatable bonds is 10. The Bertz CT molecular complexity index is 730. The molecule has 6 nitrogen and oxygen atoms in total. The molecule has 0 fully saturated rings. The van der Waals surface area contributed by atoms with Gasteiger partial charge in [0.2, 0.25) is 5.91 Å². The number of nitrogens with one attached hydrogen (secondary N) is 2. The summed E-state index contributed by atoms with van der Waals surface area (Å²) in [4.78, 5) is 24.0. The van der Waals surface area contributed by atoms with Crippen LogP contribution in [-0.4, -0.2) is 60.7 Å². The molecule has 0 bridgehead atoms. The third kappa shape index (κ3) is 10.5. The first kappa shape index (κ1) is 25.2. The van der Waals surface area contributed by atoms with Gasteiger partial charge in [-0.05, 0) is 31.2 Å². The van der Waals surface area contributed by atoms with Crippen molar-refractivity contribution in [2.75, 3.05) is 39.0 Å². The summed E-state index contributed by atoms with van der Waals surface area (Å²) in [6, 6.07) is 16.1. The van der Waals surface area contributed by atoms with E-state index in [4.69, 9.17) is 0 Å². The maximum atomic E-state index is 12.3. The van der Waals surface area contributed by atoms with Crippen LogP contribution in [-0.2, 0) is 11.2 Å². The smallest absolute Gasteiger partial charge is 0.244 e. The number of benzene rings is 1. The first-order valence-corrected chi connectivity index (χ1v) is 10.5. The number of nitrogens with zero attached hydrogens (tertiary/aromatic N) is 3. The molecule has 0 aliphatic carbocycles. The molecule has 1 amide bonds. The fourth-order valence-corrected chi connectivity index (χ4v) is 3.21. The van der Waals surface area contributed by atoms with Crippen LogP contribution in [0.2, 0.25) is 0 Å². The third-order valence-electron chi connectivity index (χ3n) is 3.98. The van der Waals surface area contributed by atoms with Gasteiger partial charge in [0.05, 0.1) is 0 Å². The highest BCUT2D eigenvalue weighted by atomic mass is 127. The highest BCUT2D eigenvalue weighted by molar-refractivity contribution is 14.0. The molecule has 0 atom stereocenters. The van der Waals surface area contributed by atoms with Crippen LogP contribution in [0.15, 0.2) is 64.6 Å². The minimum absolute atomic E-state index is 0. The molecule has 1 heterocycles. The van der Waals surface area contributed by atoms with E-state index in [-0.39, 0.29) is 36.4 Å². The third-order valence-corrected chi connectivity index (χ3v) is 4.99. The number of likely N-dealkylation sites (N-methyl/N-ethyl adjacent to an activating group) is 1. The van der Waals surface area contributed by atoms with Crippen molar-refractivity contribution in [2.45, 2.75) is 18.2 Å². The molecule has 0 saturated heterocycles. The van der Waals surface area contributed by atoms with Crippen LogP contribution in [0.25, 0.3) is 0 Å². The average molecular weight is 527 g/mol. The van der Waals surface area contributed by atoms with Gasteiger partial charge >= 0.3 is 0 Å². The zero-order valence-corrected chi connectivity index (χ0v) is 20.2. The van der Waals surface area contributed by atoms with E-state index >= 15 is 0 Å². The lowest BCUT2D eigenvalue weighted by Gasteiger charge is -2.16. The van der Waals surface area contributed by atoms with Crippen molar-refractivity contribution in [1.29, 1.82) is 0 Å². The van der Waals surface area contributed by atoms with E-state index in [1.807, 2.05) is 43.3 Å². The molecule has 0 spiro atoms. The number of thioether (sulfide) groups is 1. The van der Waals surface area contributed by atoms with Gasteiger partial charge in [-0.3, -0.25) is 9.78 Å². The summed E-state index contributed by atoms with van der Waals surface area (Å²) in [6.07, 6.45) is 2.51. The number of amides is 1. The number of hydrogen-bond donors (Lipinski definition) is 2. The van der Waals surface area contributed by atoms with Gasteiger partial charge in [0.15, 0.2) is 5.96 Å². The summed E-state index contributed by atoms with van der Waals surface area (Å²) < 4.78 is 0. The fourth-order valence-electron chi connectivity index (χ4n) is 2.42. The van der Waals surface area contributed by atoms with Gasteiger partial charge in [-0.15, -0.1) is 35.7 Å². The molecule has 1 aromatic carbocycles. The molecule has 29 heavy (non-hydrogen) atoms. The first-order valence-electron chi connectivity index (χ1n) is 9.53. The number of hydrogen-bond acceptors (Lipinski definition) is 4. The van der Waals surface area contributed by atoms with Crippen molar-refractivity contribution in [3.63, 3.8) is 0 Å². The standard InChI is InChI=1S/C21H29N5OS.HI/c1-3-22-21(24-14-16-28-19-10-5-4-6-11-19)25-17-20(27)26(2)15-12-18-9-7-8-13-23-18;/h4-11,13H,3,12,14-17H2,1-2H3,(H2,22,24,25);1H. The van der Waals surface area contributed by atoms with Gasteiger partial charge in [-0.25, -0.2) is 4.99 Å². The van der Waals surface area contributed by atoms with E-state index in [1.165, 1.54) is 4.90 Å². The van der Waals surface area contributed by atoms with E-state index in [9.17, 15) is 4.79 Å². The molecule has 1 aromatic heterocycles. The van der Waals surface area contributed by atoms with Gasteiger partial charge in [0.25, 0.3) is 0 Å². The predicted octanol–water partition coefficient (Wildman–Crippen LogP) is 3.05. The van der Waals surface area contributed by atoms with Crippen molar-refractivity contribution >= 4 is 47.6 Å². The van der Waals surface area contributed by atoms with E-state index < -0.39 is 0 Å². The number of aromatic nitrogens is 1. The molecule has 0 aliphatic heterocycles. The maximum absolute atomic E-state index is 12.3. The maximum Gasteiger partial charge on any atom is 0.244 e. The average Bonchev–Trinajstić information content (AvgIpc) is 2.74. The zero-order valence-electron chi connectivity index (χ0n) is 17.0. The van der Waals surface area contributed by atoms with E-state index in [0.717, 1.165) is 31.0 Å². The number of aliphatic imine (C=N–C) groups is 1. The molecule has 2 rings (SSSR count). The summed E-state index contributed by atoms with van der Waals surface area (Å²) in [5, 5.41) is 6.46. The van der Waals surface area contributed by atoms with Crippen LogP contribution in [0.5, 0.6) is 0 Å². The number of halogens is 1. The quantitative estimate of drug-likeness (QED) is 0.164. The van der Waals surface area contributed by atoms with Crippen LogP contribution in [0.1, 0.15) is 12.6 Å². The van der Waals surface area contributed by atoms with Gasteiger partial charge in [0, 0.05) is 55.6 Å². The highest BCUT2D eigenvalue weighted by Crippen LogP contribution is 2.15. The molecule has 8 heteroatoms. The minimum atomic E-state index is -0.00760. The van der Waals surface area contributed by atoms with Crippen molar-refractivity contribution in [1.82, 2.24) is 20.5 Å². The van der Waals surface area contributed by atoms with Crippen LogP contribution in [0.4, 0.5) is 0 Å². The normalized spacial score (nSPS) is 10.8. The largest absolute Gasteiger partial charge is 0.357 e. The molecule has 0 saturated carbocycles. The Labute approximate surface area is 195 Å². The Balaban J connectivity index is 0.00000420. The molecule has 0 radical (unpaired) electrons. The lowest BCUT2D eigenvalue weighted by Crippen LogP contribution is -2.39. The second-order valence-electron chi connectivity index (χ2n) is 6.17. The monoisotopic (exact) mass is 527 g/mol. The number of carbonyl (C=O) groups is 1. The Hall–Kier alpha value is -1.81. The Kier molecular flexibility index (Phi) is 13.1. The summed E-state index contributed by atoms with van der Waals surface area (Å²) in [6.45, 7) is 4.29. The lowest BCUT2D eigenvalue weighted by molar-refractivity contribution is -0.128. The van der Waals surface area contributed by atoms with Gasteiger partial charge in [-0.2, -0.15) is 0 Å². The molecule has 2 N–H and O–H groups in total. The lowest BCUT2D eigenvalue weighted by atomic mass is 10.2. The zero-order chi connectivity index (χ0) is 20.0. The predicted molar refractivity (Wildman–Crippen MR) is 132 cm³/mol. The highest BCUT2D eigenvalue weighted by Gasteiger charge is 2.09. The first-order chi connectivity index (χ1) is 13.7. The fraction of sp³-hybridized carbons (Fsp3) is 0.381. The Morgan fingerprint density at radius 1 is 1.14 bits per heavy atom. The minimum Gasteiger partial charge on any atom is -0.357 e. The van der Waals surface area contributed by atoms with Crippen LogP contribution in [0.3, 0.4) is 0 Å². The molecule has 158 valence electrons. The second kappa shape index (κ2) is 15.1. The van der Waals surface area contributed by atoms with Gasteiger partial charge < -0.3 is 15.5 Å². The van der Waals surface area contributed by atoms with Gasteiger partial charge in [-0.1, -0.05) is 24.3 Å². The molecule has 0 unspecified atom stereocenters. The van der Waals surface area contributed by atoms with E-state index in [1.54, 1.807) is 29.9 Å². The molecular formula is C21H30IN5OS. The molecule has 2 aromatic rings.